The van der Waals surface area contributed by atoms with Gasteiger partial charge < -0.3 is 4.55 Å². The van der Waals surface area contributed by atoms with Crippen molar-refractivity contribution in [3.63, 3.8) is 0 Å². The van der Waals surface area contributed by atoms with Gasteiger partial charge in [-0.15, -0.1) is 4.72 Å². The average molecular weight is 439 g/mol. The Bertz CT molecular complexity index is 832. The molecule has 166 valence electrons. The fourth-order valence-electron chi connectivity index (χ4n) is 4.49. The molecule has 2 aliphatic rings. The molecule has 4 rings (SSSR count). The lowest BCUT2D eigenvalue weighted by Gasteiger charge is -2.34. The molecule has 0 bridgehead atoms. The normalized spacial score (nSPS) is 22.1. The van der Waals surface area contributed by atoms with Crippen LogP contribution in [0, 0.1) is 11.8 Å². The average Bonchev–Trinajstić information content (AvgIpc) is 3.07. The van der Waals surface area contributed by atoms with E-state index in [1.807, 2.05) is 18.5 Å². The molecule has 0 saturated heterocycles. The predicted molar refractivity (Wildman–Crippen MR) is 115 cm³/mol. The van der Waals surface area contributed by atoms with Gasteiger partial charge in [0.15, 0.2) is 5.65 Å². The second kappa shape index (κ2) is 9.49. The Hall–Kier alpha value is -1.25. The minimum atomic E-state index is -2.49. The fraction of sp³-hybridized carbons (Fsp3) is 0.727. The Morgan fingerprint density at radius 3 is 2.73 bits per heavy atom. The molecule has 2 fully saturated rings. The Morgan fingerprint density at radius 2 is 2.07 bits per heavy atom. The fourth-order valence-corrected chi connectivity index (χ4v) is 5.77. The number of hydrogen-bond donors (Lipinski definition) is 1. The van der Waals surface area contributed by atoms with Crippen molar-refractivity contribution in [2.45, 2.75) is 83.1 Å². The zero-order chi connectivity index (χ0) is 21.1. The Labute approximate surface area is 180 Å². The molecule has 2 aromatic heterocycles. The molecule has 5 nitrogen and oxygen atoms in total. The van der Waals surface area contributed by atoms with E-state index in [-0.39, 0.29) is 24.8 Å². The number of fused-ring (bicyclic) bond motifs is 1. The highest BCUT2D eigenvalue weighted by atomic mass is 32.2. The molecule has 0 spiro atoms. The number of nitrogens with one attached hydrogen (secondary N) is 1. The van der Waals surface area contributed by atoms with Gasteiger partial charge in [0.05, 0.1) is 24.1 Å². The van der Waals surface area contributed by atoms with Crippen LogP contribution in [0.15, 0.2) is 18.5 Å². The number of aromatic nitrogens is 3. The van der Waals surface area contributed by atoms with Crippen molar-refractivity contribution in [1.29, 1.82) is 0 Å². The molecule has 0 aromatic carbocycles. The molecular weight excluding hydrogens is 406 g/mol. The highest BCUT2D eigenvalue weighted by Crippen LogP contribution is 2.39. The van der Waals surface area contributed by atoms with Crippen LogP contribution in [0.3, 0.4) is 0 Å². The van der Waals surface area contributed by atoms with Crippen LogP contribution in [-0.2, 0) is 17.8 Å². The molecule has 1 N–H and O–H groups in total. The summed E-state index contributed by atoms with van der Waals surface area (Å²) in [7, 11) is 0. The summed E-state index contributed by atoms with van der Waals surface area (Å²) < 4.78 is 44.4. The van der Waals surface area contributed by atoms with E-state index in [1.54, 1.807) is 4.52 Å². The molecule has 8 heteroatoms. The summed E-state index contributed by atoms with van der Waals surface area (Å²) in [6.07, 6.45) is 11.0. The summed E-state index contributed by atoms with van der Waals surface area (Å²) in [4.78, 5) is 4.73. The van der Waals surface area contributed by atoms with Crippen molar-refractivity contribution in [3.05, 3.63) is 29.7 Å². The third kappa shape index (κ3) is 5.32. The second-order valence-electron chi connectivity index (χ2n) is 9.02. The van der Waals surface area contributed by atoms with Crippen molar-refractivity contribution in [2.24, 2.45) is 11.8 Å². The summed E-state index contributed by atoms with van der Waals surface area (Å²) in [6.45, 7) is 2.10. The molecular formula is C22H32F2N4OS. The van der Waals surface area contributed by atoms with Crippen LogP contribution in [0.1, 0.15) is 82.0 Å². The lowest BCUT2D eigenvalue weighted by Crippen LogP contribution is -2.37. The predicted octanol–water partition coefficient (Wildman–Crippen LogP) is 4.99. The third-order valence-corrected chi connectivity index (χ3v) is 7.82. The molecule has 2 unspecified atom stereocenters. The number of hydrogen-bond acceptors (Lipinski definition) is 4. The first-order chi connectivity index (χ1) is 14.4. The first-order valence-corrected chi connectivity index (χ1v) is 12.6. The van der Waals surface area contributed by atoms with Crippen LogP contribution < -0.4 is 4.72 Å². The topological polar surface area (TPSA) is 65.3 Å². The van der Waals surface area contributed by atoms with E-state index < -0.39 is 17.3 Å². The molecule has 0 radical (unpaired) electrons. The van der Waals surface area contributed by atoms with Crippen LogP contribution in [0.5, 0.6) is 0 Å². The maximum Gasteiger partial charge on any atom is 0.248 e. The highest BCUT2D eigenvalue weighted by molar-refractivity contribution is 7.89. The Balaban J connectivity index is 1.46. The van der Waals surface area contributed by atoms with Gasteiger partial charge in [-0.05, 0) is 62.0 Å². The second-order valence-corrected chi connectivity index (χ2v) is 10.4. The Kier molecular flexibility index (Phi) is 6.95. The van der Waals surface area contributed by atoms with Crippen LogP contribution in [0.4, 0.5) is 8.78 Å². The van der Waals surface area contributed by atoms with E-state index in [0.717, 1.165) is 49.0 Å². The number of halogens is 2. The first kappa shape index (κ1) is 22.0. The zero-order valence-corrected chi connectivity index (χ0v) is 18.5. The summed E-state index contributed by atoms with van der Waals surface area (Å²) in [5.74, 6) is -1.08. The summed E-state index contributed by atoms with van der Waals surface area (Å²) in [6, 6.07) is 2.08. The van der Waals surface area contributed by atoms with Crippen molar-refractivity contribution in [2.75, 3.05) is 5.75 Å². The van der Waals surface area contributed by atoms with Crippen molar-refractivity contribution >= 4 is 17.0 Å². The van der Waals surface area contributed by atoms with Crippen LogP contribution in [0.2, 0.25) is 0 Å². The van der Waals surface area contributed by atoms with Gasteiger partial charge in [-0.3, -0.25) is 0 Å². The number of alkyl halides is 2. The molecule has 0 aliphatic heterocycles. The third-order valence-electron chi connectivity index (χ3n) is 6.65. The zero-order valence-electron chi connectivity index (χ0n) is 17.7. The van der Waals surface area contributed by atoms with Crippen LogP contribution in [-0.4, -0.2) is 30.8 Å². The molecule has 2 aliphatic carbocycles. The van der Waals surface area contributed by atoms with E-state index in [9.17, 15) is 13.3 Å². The van der Waals surface area contributed by atoms with E-state index in [0.29, 0.717) is 24.5 Å². The number of unbranched alkanes of at least 4 members (excludes halogenated alkanes) is 1. The standard InChI is InChI=1S/C22H32F2N4OS/c1-2-3-11-30(29)27-21(17-5-4-6-17)18-13-20-26-19(15-28(20)25-14-18)12-16-7-9-22(23,24)10-8-16/h13-17,21,27H,2-12H2,1H3. The Morgan fingerprint density at radius 1 is 1.30 bits per heavy atom. The van der Waals surface area contributed by atoms with Crippen LogP contribution in [0.25, 0.3) is 5.65 Å². The van der Waals surface area contributed by atoms with Gasteiger partial charge in [0, 0.05) is 24.2 Å². The maximum atomic E-state index is 13.4. The van der Waals surface area contributed by atoms with E-state index >= 15 is 0 Å². The van der Waals surface area contributed by atoms with Gasteiger partial charge in [-0.25, -0.2) is 18.3 Å². The van der Waals surface area contributed by atoms with Crippen molar-refractivity contribution in [1.82, 2.24) is 19.3 Å². The lowest BCUT2D eigenvalue weighted by atomic mass is 9.78. The minimum Gasteiger partial charge on any atom is -0.598 e. The molecule has 2 atom stereocenters. The van der Waals surface area contributed by atoms with Crippen LogP contribution >= 0.6 is 0 Å². The van der Waals surface area contributed by atoms with Gasteiger partial charge in [-0.1, -0.05) is 19.8 Å². The van der Waals surface area contributed by atoms with Gasteiger partial charge in [0.25, 0.3) is 0 Å². The summed E-state index contributed by atoms with van der Waals surface area (Å²) >= 11 is -1.04. The smallest absolute Gasteiger partial charge is 0.248 e. The number of imidazole rings is 1. The summed E-state index contributed by atoms with van der Waals surface area (Å²) in [5.41, 5.74) is 2.72. The highest BCUT2D eigenvalue weighted by Gasteiger charge is 2.35. The maximum absolute atomic E-state index is 13.4. The number of nitrogens with zero attached hydrogens (tertiary/aromatic N) is 3. The van der Waals surface area contributed by atoms with Gasteiger partial charge in [0.2, 0.25) is 5.92 Å². The monoisotopic (exact) mass is 438 g/mol. The van der Waals surface area contributed by atoms with E-state index in [1.165, 1.54) is 6.42 Å². The van der Waals surface area contributed by atoms with Crippen molar-refractivity contribution in [3.8, 4) is 0 Å². The number of rotatable bonds is 9. The SMILES string of the molecule is CCCC[S+]([O-])NC(c1cnn2cc(CC3CCC(F)(F)CC3)nc2c1)C1CCC1. The first-order valence-electron chi connectivity index (χ1n) is 11.3. The molecule has 0 amide bonds. The van der Waals surface area contributed by atoms with Gasteiger partial charge >= 0.3 is 0 Å². The molecule has 2 aromatic rings. The molecule has 2 heterocycles. The molecule has 30 heavy (non-hydrogen) atoms. The van der Waals surface area contributed by atoms with E-state index in [4.69, 9.17) is 4.98 Å². The van der Waals surface area contributed by atoms with Gasteiger partial charge in [0.1, 0.15) is 5.75 Å². The largest absolute Gasteiger partial charge is 0.598 e. The minimum absolute atomic E-state index is 0.0165. The van der Waals surface area contributed by atoms with Crippen molar-refractivity contribution < 1.29 is 13.3 Å². The van der Waals surface area contributed by atoms with E-state index in [2.05, 4.69) is 16.7 Å². The molecule has 2 saturated carbocycles. The van der Waals surface area contributed by atoms with Gasteiger partial charge in [-0.2, -0.15) is 5.10 Å². The lowest BCUT2D eigenvalue weighted by molar-refractivity contribution is -0.0457. The summed E-state index contributed by atoms with van der Waals surface area (Å²) in [5, 5.41) is 4.54. The quantitative estimate of drug-likeness (QED) is 0.560.